The molecule has 3 aromatic carbocycles. The summed E-state index contributed by atoms with van der Waals surface area (Å²) in [6.45, 7) is 0.000886. The number of rotatable bonds is 8. The third-order valence-electron chi connectivity index (χ3n) is 4.87. The summed E-state index contributed by atoms with van der Waals surface area (Å²) < 4.78 is 32.8. The van der Waals surface area contributed by atoms with E-state index in [-0.39, 0.29) is 34.0 Å². The highest BCUT2D eigenvalue weighted by molar-refractivity contribution is 7.89. The Balaban J connectivity index is 1.54. The van der Waals surface area contributed by atoms with Crippen LogP contribution in [-0.4, -0.2) is 20.1 Å². The number of carbonyl (C=O) groups excluding carboxylic acids is 2. The average Bonchev–Trinajstić information content (AvgIpc) is 3.37. The van der Waals surface area contributed by atoms with Crippen molar-refractivity contribution in [2.45, 2.75) is 11.4 Å². The normalized spacial score (nSPS) is 11.2. The summed E-state index contributed by atoms with van der Waals surface area (Å²) in [5.41, 5.74) is 1.19. The van der Waals surface area contributed by atoms with Crippen molar-refractivity contribution in [3.8, 4) is 0 Å². The van der Waals surface area contributed by atoms with Gasteiger partial charge in [0.25, 0.3) is 5.91 Å². The van der Waals surface area contributed by atoms with Crippen molar-refractivity contribution < 1.29 is 22.4 Å². The predicted molar refractivity (Wildman–Crippen MR) is 123 cm³/mol. The van der Waals surface area contributed by atoms with Gasteiger partial charge in [0.05, 0.1) is 23.3 Å². The van der Waals surface area contributed by atoms with Gasteiger partial charge in [-0.1, -0.05) is 54.6 Å². The fourth-order valence-electron chi connectivity index (χ4n) is 3.23. The van der Waals surface area contributed by atoms with Crippen LogP contribution in [-0.2, 0) is 16.6 Å². The minimum atomic E-state index is -3.83. The molecule has 0 saturated carbocycles. The largest absolute Gasteiger partial charge is 0.468 e. The number of anilines is 1. The minimum absolute atomic E-state index is 0.000886. The number of hydrogen-bond acceptors (Lipinski definition) is 5. The lowest BCUT2D eigenvalue weighted by Gasteiger charge is -2.11. The average molecular weight is 461 g/mol. The van der Waals surface area contributed by atoms with Crippen LogP contribution in [0.25, 0.3) is 0 Å². The van der Waals surface area contributed by atoms with E-state index in [9.17, 15) is 18.0 Å². The Kier molecular flexibility index (Phi) is 6.48. The number of sulfonamides is 1. The summed E-state index contributed by atoms with van der Waals surface area (Å²) >= 11 is 0. The molecule has 8 heteroatoms. The molecule has 0 saturated heterocycles. The van der Waals surface area contributed by atoms with Gasteiger partial charge < -0.3 is 9.73 Å². The van der Waals surface area contributed by atoms with E-state index < -0.39 is 15.9 Å². The van der Waals surface area contributed by atoms with Gasteiger partial charge in [0.1, 0.15) is 5.76 Å². The highest BCUT2D eigenvalue weighted by atomic mass is 32.2. The maximum absolute atomic E-state index is 13.0. The van der Waals surface area contributed by atoms with E-state index in [4.69, 9.17) is 4.42 Å². The zero-order valence-electron chi connectivity index (χ0n) is 17.4. The second-order valence-electron chi connectivity index (χ2n) is 7.13. The molecule has 4 aromatic rings. The summed E-state index contributed by atoms with van der Waals surface area (Å²) in [5.74, 6) is -0.324. The van der Waals surface area contributed by atoms with E-state index in [1.165, 1.54) is 24.5 Å². The summed E-state index contributed by atoms with van der Waals surface area (Å²) in [5, 5.41) is 2.69. The summed E-state index contributed by atoms with van der Waals surface area (Å²) in [4.78, 5) is 25.9. The zero-order chi connectivity index (χ0) is 23.3. The molecule has 0 aliphatic carbocycles. The lowest BCUT2D eigenvalue weighted by Crippen LogP contribution is -2.23. The van der Waals surface area contributed by atoms with Gasteiger partial charge in [0.15, 0.2) is 5.78 Å². The molecule has 4 rings (SSSR count). The van der Waals surface area contributed by atoms with Crippen LogP contribution in [0.3, 0.4) is 0 Å². The number of nitrogens with one attached hydrogen (secondary N) is 2. The molecule has 7 nitrogen and oxygen atoms in total. The van der Waals surface area contributed by atoms with Crippen LogP contribution in [0.15, 0.2) is 107 Å². The van der Waals surface area contributed by atoms with Crippen molar-refractivity contribution >= 4 is 27.4 Å². The van der Waals surface area contributed by atoms with Gasteiger partial charge >= 0.3 is 0 Å². The van der Waals surface area contributed by atoms with Gasteiger partial charge in [0.2, 0.25) is 10.0 Å². The molecule has 0 fully saturated rings. The Hall–Kier alpha value is -4.01. The van der Waals surface area contributed by atoms with Crippen molar-refractivity contribution in [2.75, 3.05) is 5.32 Å². The molecule has 0 aliphatic rings. The highest BCUT2D eigenvalue weighted by Gasteiger charge is 2.19. The molecule has 33 heavy (non-hydrogen) atoms. The van der Waals surface area contributed by atoms with Crippen LogP contribution in [0.2, 0.25) is 0 Å². The summed E-state index contributed by atoms with van der Waals surface area (Å²) in [6.07, 6.45) is 1.46. The Morgan fingerprint density at radius 2 is 1.52 bits per heavy atom. The molecule has 1 amide bonds. The molecule has 0 bridgehead atoms. The third-order valence-corrected chi connectivity index (χ3v) is 6.27. The Labute approximate surface area is 191 Å². The molecule has 0 radical (unpaired) electrons. The lowest BCUT2D eigenvalue weighted by atomic mass is 9.98. The third kappa shape index (κ3) is 5.25. The van der Waals surface area contributed by atoms with Crippen LogP contribution >= 0.6 is 0 Å². The maximum atomic E-state index is 13.0. The molecule has 0 atom stereocenters. The first-order valence-electron chi connectivity index (χ1n) is 10.1. The van der Waals surface area contributed by atoms with Crippen LogP contribution in [0, 0.1) is 0 Å². The number of amides is 1. The molecule has 166 valence electrons. The number of furan rings is 1. The summed E-state index contributed by atoms with van der Waals surface area (Å²) in [6, 6.07) is 24.4. The van der Waals surface area contributed by atoms with Gasteiger partial charge in [0, 0.05) is 16.8 Å². The maximum Gasteiger partial charge on any atom is 0.256 e. The minimum Gasteiger partial charge on any atom is -0.468 e. The molecule has 0 spiro atoms. The SMILES string of the molecule is O=C(Nc1cccc(S(=O)(=O)NCc2ccco2)c1)c1ccccc1C(=O)c1ccccc1. The fraction of sp³-hybridized carbons (Fsp3) is 0.0400. The first-order valence-corrected chi connectivity index (χ1v) is 11.5. The van der Waals surface area contributed by atoms with Gasteiger partial charge in [-0.2, -0.15) is 0 Å². The van der Waals surface area contributed by atoms with Gasteiger partial charge in [-0.25, -0.2) is 13.1 Å². The zero-order valence-corrected chi connectivity index (χ0v) is 18.2. The van der Waals surface area contributed by atoms with Crippen LogP contribution in [0.5, 0.6) is 0 Å². The first-order chi connectivity index (χ1) is 15.9. The van der Waals surface area contributed by atoms with Crippen LogP contribution in [0.4, 0.5) is 5.69 Å². The molecule has 0 aliphatic heterocycles. The van der Waals surface area contributed by atoms with Crippen molar-refractivity contribution in [3.05, 3.63) is 120 Å². The van der Waals surface area contributed by atoms with Crippen molar-refractivity contribution in [1.29, 1.82) is 0 Å². The second kappa shape index (κ2) is 9.64. The van der Waals surface area contributed by atoms with Crippen molar-refractivity contribution in [2.24, 2.45) is 0 Å². The summed E-state index contributed by atoms with van der Waals surface area (Å²) in [7, 11) is -3.83. The number of hydrogen-bond donors (Lipinski definition) is 2. The molecular formula is C25H20N2O5S. The Bertz CT molecular complexity index is 1380. The predicted octanol–water partition coefficient (Wildman–Crippen LogP) is 4.24. The van der Waals surface area contributed by atoms with Crippen molar-refractivity contribution in [1.82, 2.24) is 4.72 Å². The number of carbonyl (C=O) groups is 2. The first kappa shape index (κ1) is 22.2. The Morgan fingerprint density at radius 3 is 2.24 bits per heavy atom. The quantitative estimate of drug-likeness (QED) is 0.383. The molecule has 2 N–H and O–H groups in total. The lowest BCUT2D eigenvalue weighted by molar-refractivity contribution is 0.0996. The topological polar surface area (TPSA) is 105 Å². The standard InChI is InChI=1S/C25H20N2O5S/c28-24(18-8-2-1-3-9-18)22-13-4-5-14-23(22)25(29)27-19-10-6-12-21(16-19)33(30,31)26-17-20-11-7-15-32-20/h1-16,26H,17H2,(H,27,29). The molecule has 0 unspecified atom stereocenters. The van der Waals surface area contributed by atoms with Crippen LogP contribution in [0.1, 0.15) is 32.0 Å². The molecular weight excluding hydrogens is 440 g/mol. The second-order valence-corrected chi connectivity index (χ2v) is 8.89. The highest BCUT2D eigenvalue weighted by Crippen LogP contribution is 2.19. The van der Waals surface area contributed by atoms with E-state index in [1.54, 1.807) is 72.8 Å². The van der Waals surface area contributed by atoms with E-state index in [1.807, 2.05) is 0 Å². The number of ketones is 1. The van der Waals surface area contributed by atoms with Gasteiger partial charge in [-0.15, -0.1) is 0 Å². The van der Waals surface area contributed by atoms with Gasteiger partial charge in [-0.05, 0) is 36.4 Å². The van der Waals surface area contributed by atoms with E-state index in [0.29, 0.717) is 11.3 Å². The Morgan fingerprint density at radius 1 is 0.788 bits per heavy atom. The smallest absolute Gasteiger partial charge is 0.256 e. The molecule has 1 heterocycles. The van der Waals surface area contributed by atoms with Crippen molar-refractivity contribution in [3.63, 3.8) is 0 Å². The monoisotopic (exact) mass is 460 g/mol. The van der Waals surface area contributed by atoms with E-state index >= 15 is 0 Å². The molecule has 1 aromatic heterocycles. The fourth-order valence-corrected chi connectivity index (χ4v) is 4.27. The van der Waals surface area contributed by atoms with Gasteiger partial charge in [-0.3, -0.25) is 9.59 Å². The van der Waals surface area contributed by atoms with E-state index in [2.05, 4.69) is 10.0 Å². The van der Waals surface area contributed by atoms with E-state index in [0.717, 1.165) is 0 Å². The number of benzene rings is 3. The van der Waals surface area contributed by atoms with Crippen LogP contribution < -0.4 is 10.0 Å².